The van der Waals surface area contributed by atoms with Crippen LogP contribution in [0, 0.1) is 21.8 Å². The van der Waals surface area contributed by atoms with E-state index in [1.165, 1.54) is 13.2 Å². The molecule has 1 unspecified atom stereocenters. The number of anilines is 1. The van der Waals surface area contributed by atoms with Crippen molar-refractivity contribution in [1.29, 1.82) is 0 Å². The number of benzene rings is 1. The Morgan fingerprint density at radius 1 is 1.55 bits per heavy atom. The number of hydrogen-bond acceptors (Lipinski definition) is 5. The fourth-order valence-corrected chi connectivity index (χ4v) is 1.75. The van der Waals surface area contributed by atoms with Gasteiger partial charge in [-0.1, -0.05) is 6.92 Å². The first-order chi connectivity index (χ1) is 9.49. The molecule has 0 bridgehead atoms. The lowest BCUT2D eigenvalue weighted by atomic mass is 10.1. The van der Waals surface area contributed by atoms with Gasteiger partial charge in [-0.15, -0.1) is 0 Å². The van der Waals surface area contributed by atoms with Crippen molar-refractivity contribution in [3.05, 3.63) is 28.1 Å². The first-order valence-electron chi connectivity index (χ1n) is 6.36. The second-order valence-electron chi connectivity index (χ2n) is 4.62. The fourth-order valence-electron chi connectivity index (χ4n) is 1.75. The zero-order valence-corrected chi connectivity index (χ0v) is 11.6. The lowest BCUT2D eigenvalue weighted by Crippen LogP contribution is -2.08. The zero-order valence-electron chi connectivity index (χ0n) is 11.6. The van der Waals surface area contributed by atoms with E-state index in [2.05, 4.69) is 5.32 Å². The van der Waals surface area contributed by atoms with Crippen LogP contribution < -0.4 is 10.1 Å². The SMILES string of the molecule is COc1cc(NCCCC(C)CO)c(F)cc1[N+](=O)[O-]. The van der Waals surface area contributed by atoms with E-state index in [0.29, 0.717) is 6.54 Å². The minimum Gasteiger partial charge on any atom is -0.490 e. The quantitative estimate of drug-likeness (QED) is 0.436. The number of hydrogen-bond donors (Lipinski definition) is 2. The van der Waals surface area contributed by atoms with Crippen molar-refractivity contribution in [2.45, 2.75) is 19.8 Å². The van der Waals surface area contributed by atoms with Gasteiger partial charge in [-0.3, -0.25) is 10.1 Å². The molecule has 0 fully saturated rings. The van der Waals surface area contributed by atoms with Crippen LogP contribution in [0.15, 0.2) is 12.1 Å². The van der Waals surface area contributed by atoms with Crippen LogP contribution in [0.25, 0.3) is 0 Å². The molecule has 7 heteroatoms. The predicted octanol–water partition coefficient (Wildman–Crippen LogP) is 2.56. The molecule has 0 radical (unpaired) electrons. The molecule has 20 heavy (non-hydrogen) atoms. The van der Waals surface area contributed by atoms with Crippen LogP contribution in [0.1, 0.15) is 19.8 Å². The van der Waals surface area contributed by atoms with Crippen LogP contribution in [0.5, 0.6) is 5.75 Å². The average molecular weight is 286 g/mol. The third-order valence-corrected chi connectivity index (χ3v) is 2.97. The fraction of sp³-hybridized carbons (Fsp3) is 0.538. The Labute approximate surface area is 116 Å². The van der Waals surface area contributed by atoms with Gasteiger partial charge in [-0.2, -0.15) is 0 Å². The lowest BCUT2D eigenvalue weighted by molar-refractivity contribution is -0.385. The van der Waals surface area contributed by atoms with Crippen LogP contribution in [0.2, 0.25) is 0 Å². The summed E-state index contributed by atoms with van der Waals surface area (Å²) in [5.74, 6) is -0.469. The van der Waals surface area contributed by atoms with Crippen molar-refractivity contribution in [1.82, 2.24) is 0 Å². The van der Waals surface area contributed by atoms with Crippen molar-refractivity contribution < 1.29 is 19.2 Å². The summed E-state index contributed by atoms with van der Waals surface area (Å²) in [6.07, 6.45) is 1.58. The third kappa shape index (κ3) is 4.34. The van der Waals surface area contributed by atoms with E-state index in [0.717, 1.165) is 18.9 Å². The number of rotatable bonds is 8. The Morgan fingerprint density at radius 3 is 2.80 bits per heavy atom. The molecule has 0 aliphatic carbocycles. The molecule has 0 aliphatic rings. The second-order valence-corrected chi connectivity index (χ2v) is 4.62. The van der Waals surface area contributed by atoms with Gasteiger partial charge in [0.05, 0.1) is 23.8 Å². The zero-order chi connectivity index (χ0) is 15.1. The van der Waals surface area contributed by atoms with E-state index in [1.807, 2.05) is 6.92 Å². The van der Waals surface area contributed by atoms with Crippen LogP contribution in [0.4, 0.5) is 15.8 Å². The first kappa shape index (κ1) is 16.2. The summed E-state index contributed by atoms with van der Waals surface area (Å²) in [5, 5.41) is 22.5. The van der Waals surface area contributed by atoms with E-state index in [-0.39, 0.29) is 24.0 Å². The van der Waals surface area contributed by atoms with Crippen LogP contribution in [-0.2, 0) is 0 Å². The average Bonchev–Trinajstić information content (AvgIpc) is 2.43. The van der Waals surface area contributed by atoms with Crippen LogP contribution in [-0.4, -0.2) is 30.3 Å². The van der Waals surface area contributed by atoms with E-state index in [1.54, 1.807) is 0 Å². The lowest BCUT2D eigenvalue weighted by Gasteiger charge is -2.11. The third-order valence-electron chi connectivity index (χ3n) is 2.97. The molecule has 0 aliphatic heterocycles. The van der Waals surface area contributed by atoms with Crippen LogP contribution >= 0.6 is 0 Å². The number of methoxy groups -OCH3 is 1. The summed E-state index contributed by atoms with van der Waals surface area (Å²) >= 11 is 0. The molecule has 0 heterocycles. The first-order valence-corrected chi connectivity index (χ1v) is 6.36. The van der Waals surface area contributed by atoms with Crippen molar-refractivity contribution >= 4 is 11.4 Å². The van der Waals surface area contributed by atoms with Gasteiger partial charge in [-0.05, 0) is 18.8 Å². The van der Waals surface area contributed by atoms with Gasteiger partial charge in [0.15, 0.2) is 11.6 Å². The standard InChI is InChI=1S/C13H19FN2O4/c1-9(8-17)4-3-5-15-11-7-13(20-2)12(16(18)19)6-10(11)14/h6-7,9,15,17H,3-5,8H2,1-2H3. The summed E-state index contributed by atoms with van der Waals surface area (Å²) in [4.78, 5) is 10.0. The monoisotopic (exact) mass is 286 g/mol. The topological polar surface area (TPSA) is 84.6 Å². The smallest absolute Gasteiger partial charge is 0.313 e. The molecule has 6 nitrogen and oxygen atoms in total. The molecular weight excluding hydrogens is 267 g/mol. The van der Waals surface area contributed by atoms with Crippen molar-refractivity contribution in [2.24, 2.45) is 5.92 Å². The highest BCUT2D eigenvalue weighted by atomic mass is 19.1. The molecule has 0 saturated carbocycles. The van der Waals surface area contributed by atoms with Crippen LogP contribution in [0.3, 0.4) is 0 Å². The number of halogens is 1. The van der Waals surface area contributed by atoms with Gasteiger partial charge < -0.3 is 15.2 Å². The number of aliphatic hydroxyl groups is 1. The Balaban J connectivity index is 2.69. The molecular formula is C13H19FN2O4. The minimum absolute atomic E-state index is 0.0163. The number of nitrogens with one attached hydrogen (secondary N) is 1. The number of nitro groups is 1. The highest BCUT2D eigenvalue weighted by Crippen LogP contribution is 2.32. The van der Waals surface area contributed by atoms with Gasteiger partial charge in [0.2, 0.25) is 0 Å². The summed E-state index contributed by atoms with van der Waals surface area (Å²) in [7, 11) is 1.30. The molecule has 0 aromatic heterocycles. The number of nitro benzene ring substituents is 1. The highest BCUT2D eigenvalue weighted by molar-refractivity contribution is 5.59. The maximum Gasteiger partial charge on any atom is 0.313 e. The van der Waals surface area contributed by atoms with Gasteiger partial charge in [0.1, 0.15) is 0 Å². The molecule has 0 amide bonds. The minimum atomic E-state index is -0.687. The number of ether oxygens (including phenoxy) is 1. The molecule has 1 aromatic carbocycles. The number of nitrogens with zero attached hydrogens (tertiary/aromatic N) is 1. The molecule has 1 atom stereocenters. The number of aliphatic hydroxyl groups excluding tert-OH is 1. The van der Waals surface area contributed by atoms with Crippen molar-refractivity contribution in [3.8, 4) is 5.75 Å². The highest BCUT2D eigenvalue weighted by Gasteiger charge is 2.18. The molecule has 112 valence electrons. The molecule has 0 saturated heterocycles. The molecule has 1 aromatic rings. The van der Waals surface area contributed by atoms with Gasteiger partial charge >= 0.3 is 5.69 Å². The predicted molar refractivity (Wildman–Crippen MR) is 73.6 cm³/mol. The van der Waals surface area contributed by atoms with E-state index in [4.69, 9.17) is 9.84 Å². The largest absolute Gasteiger partial charge is 0.490 e. The summed E-state index contributed by atoms with van der Waals surface area (Å²) in [5.41, 5.74) is -0.228. The molecule has 2 N–H and O–H groups in total. The molecule has 1 rings (SSSR count). The van der Waals surface area contributed by atoms with Gasteiger partial charge in [-0.25, -0.2) is 4.39 Å². The van der Waals surface area contributed by atoms with E-state index in [9.17, 15) is 14.5 Å². The Hall–Kier alpha value is -1.89. The maximum absolute atomic E-state index is 13.7. The van der Waals surface area contributed by atoms with E-state index >= 15 is 0 Å². The Kier molecular flexibility index (Phi) is 6.17. The van der Waals surface area contributed by atoms with Gasteiger partial charge in [0.25, 0.3) is 0 Å². The molecule has 0 spiro atoms. The second kappa shape index (κ2) is 7.64. The van der Waals surface area contributed by atoms with Gasteiger partial charge in [0, 0.05) is 19.2 Å². The van der Waals surface area contributed by atoms with Crippen molar-refractivity contribution in [2.75, 3.05) is 25.6 Å². The Morgan fingerprint density at radius 2 is 2.25 bits per heavy atom. The summed E-state index contributed by atoms with van der Waals surface area (Å²) in [6.45, 7) is 2.57. The van der Waals surface area contributed by atoms with Crippen molar-refractivity contribution in [3.63, 3.8) is 0 Å². The maximum atomic E-state index is 13.7. The Bertz CT molecular complexity index is 468. The van der Waals surface area contributed by atoms with E-state index < -0.39 is 16.4 Å². The summed E-state index contributed by atoms with van der Waals surface area (Å²) < 4.78 is 18.6. The summed E-state index contributed by atoms with van der Waals surface area (Å²) in [6, 6.07) is 2.13. The normalized spacial score (nSPS) is 12.0.